The van der Waals surface area contributed by atoms with Crippen LogP contribution in [0.4, 0.5) is 0 Å². The normalized spacial score (nSPS) is 37.2. The molecule has 2 aliphatic rings. The second-order valence-corrected chi connectivity index (χ2v) is 6.11. The molecule has 2 rings (SSSR count). The van der Waals surface area contributed by atoms with E-state index in [0.717, 1.165) is 23.7 Å². The van der Waals surface area contributed by atoms with Gasteiger partial charge in [-0.15, -0.1) is 6.58 Å². The first-order chi connectivity index (χ1) is 8.33. The quantitative estimate of drug-likeness (QED) is 0.537. The Hall–Kier alpha value is -0.520. The first kappa shape index (κ1) is 15.5. The zero-order chi connectivity index (χ0) is 12.1. The highest BCUT2D eigenvalue weighted by Crippen LogP contribution is 2.41. The van der Waals surface area contributed by atoms with Crippen LogP contribution in [-0.4, -0.2) is 0 Å². The molecule has 0 bridgehead atoms. The summed E-state index contributed by atoms with van der Waals surface area (Å²) in [5, 5.41) is 0. The first-order valence-corrected chi connectivity index (χ1v) is 7.58. The highest BCUT2D eigenvalue weighted by atomic mass is 14.3. The molecule has 0 radical (unpaired) electrons. The van der Waals surface area contributed by atoms with Crippen molar-refractivity contribution in [2.45, 2.75) is 65.7 Å². The molecule has 2 aliphatic carbocycles. The van der Waals surface area contributed by atoms with E-state index in [2.05, 4.69) is 31.7 Å². The van der Waals surface area contributed by atoms with Crippen LogP contribution in [0, 0.1) is 23.7 Å². The van der Waals surface area contributed by atoms with E-state index in [1.54, 1.807) is 0 Å². The summed E-state index contributed by atoms with van der Waals surface area (Å²) in [5.74, 6) is 3.80. The summed E-state index contributed by atoms with van der Waals surface area (Å²) in [6, 6.07) is 0. The second kappa shape index (κ2) is 7.81. The molecule has 0 spiro atoms. The molecule has 0 aliphatic heterocycles. The van der Waals surface area contributed by atoms with Gasteiger partial charge in [0, 0.05) is 0 Å². The molecule has 0 heterocycles. The molecule has 0 unspecified atom stereocenters. The Balaban J connectivity index is 0.00000162. The maximum atomic E-state index is 3.94. The van der Waals surface area contributed by atoms with Gasteiger partial charge in [0.15, 0.2) is 0 Å². The van der Waals surface area contributed by atoms with Crippen molar-refractivity contribution in [1.82, 2.24) is 0 Å². The SMILES string of the molecule is C.C=CC1CCC(C2CCC(C=CC)CC2)CC1. The van der Waals surface area contributed by atoms with E-state index in [0.29, 0.717) is 0 Å². The van der Waals surface area contributed by atoms with Crippen LogP contribution < -0.4 is 0 Å². The van der Waals surface area contributed by atoms with Crippen molar-refractivity contribution in [2.24, 2.45) is 23.7 Å². The van der Waals surface area contributed by atoms with Gasteiger partial charge in [-0.05, 0) is 82.0 Å². The van der Waals surface area contributed by atoms with Crippen molar-refractivity contribution in [3.05, 3.63) is 24.8 Å². The Morgan fingerprint density at radius 1 is 0.778 bits per heavy atom. The lowest BCUT2D eigenvalue weighted by atomic mass is 9.69. The topological polar surface area (TPSA) is 0 Å². The van der Waals surface area contributed by atoms with Crippen molar-refractivity contribution in [1.29, 1.82) is 0 Å². The third kappa shape index (κ3) is 4.00. The Kier molecular flexibility index (Phi) is 6.75. The van der Waals surface area contributed by atoms with Crippen LogP contribution in [0.3, 0.4) is 0 Å². The average Bonchev–Trinajstić information content (AvgIpc) is 2.40. The number of hydrogen-bond acceptors (Lipinski definition) is 0. The number of hydrogen-bond donors (Lipinski definition) is 0. The van der Waals surface area contributed by atoms with Crippen molar-refractivity contribution in [3.8, 4) is 0 Å². The molecule has 0 heteroatoms. The Morgan fingerprint density at radius 2 is 1.22 bits per heavy atom. The van der Waals surface area contributed by atoms with E-state index in [9.17, 15) is 0 Å². The average molecular weight is 248 g/mol. The molecule has 2 fully saturated rings. The highest BCUT2D eigenvalue weighted by molar-refractivity contribution is 4.91. The molecule has 0 atom stereocenters. The minimum atomic E-state index is 0. The molecule has 2 saturated carbocycles. The van der Waals surface area contributed by atoms with Crippen LogP contribution in [0.1, 0.15) is 65.7 Å². The molecule has 0 aromatic rings. The lowest BCUT2D eigenvalue weighted by Crippen LogP contribution is -2.25. The number of allylic oxidation sites excluding steroid dienone is 3. The Bertz CT molecular complexity index is 247. The van der Waals surface area contributed by atoms with Gasteiger partial charge in [-0.25, -0.2) is 0 Å². The third-order valence-corrected chi connectivity index (χ3v) is 5.10. The van der Waals surface area contributed by atoms with Gasteiger partial charge in [0.2, 0.25) is 0 Å². The summed E-state index contributed by atoms with van der Waals surface area (Å²) in [5.41, 5.74) is 0. The molecule has 0 saturated heterocycles. The van der Waals surface area contributed by atoms with E-state index in [-0.39, 0.29) is 7.43 Å². The van der Waals surface area contributed by atoms with Crippen LogP contribution >= 0.6 is 0 Å². The third-order valence-electron chi connectivity index (χ3n) is 5.10. The zero-order valence-electron chi connectivity index (χ0n) is 11.4. The van der Waals surface area contributed by atoms with Crippen LogP contribution in [0.2, 0.25) is 0 Å². The smallest absolute Gasteiger partial charge is 0.0233 e. The van der Waals surface area contributed by atoms with Crippen LogP contribution in [0.5, 0.6) is 0 Å². The van der Waals surface area contributed by atoms with Crippen molar-refractivity contribution >= 4 is 0 Å². The van der Waals surface area contributed by atoms with Gasteiger partial charge in [0.1, 0.15) is 0 Å². The molecule has 18 heavy (non-hydrogen) atoms. The molecule has 0 N–H and O–H groups in total. The summed E-state index contributed by atoms with van der Waals surface area (Å²) in [4.78, 5) is 0. The summed E-state index contributed by atoms with van der Waals surface area (Å²) in [6.07, 6.45) is 18.4. The fourth-order valence-corrected chi connectivity index (χ4v) is 3.93. The van der Waals surface area contributed by atoms with E-state index < -0.39 is 0 Å². The zero-order valence-corrected chi connectivity index (χ0v) is 11.4. The first-order valence-electron chi connectivity index (χ1n) is 7.58. The maximum absolute atomic E-state index is 3.94. The summed E-state index contributed by atoms with van der Waals surface area (Å²) in [6.45, 7) is 6.10. The molecular formula is C18H32. The molecule has 0 aromatic heterocycles. The largest absolute Gasteiger partial charge is 0.103 e. The van der Waals surface area contributed by atoms with E-state index >= 15 is 0 Å². The van der Waals surface area contributed by atoms with Gasteiger partial charge in [0.25, 0.3) is 0 Å². The molecular weight excluding hydrogens is 216 g/mol. The van der Waals surface area contributed by atoms with E-state index in [1.165, 1.54) is 51.4 Å². The minimum absolute atomic E-state index is 0. The standard InChI is InChI=1S/C17H28.CH4/c1-3-5-15-8-12-17(13-9-15)16-10-6-14(4-2)7-11-16;/h3-5,14-17H,2,6-13H2,1H3;1H4. The van der Waals surface area contributed by atoms with Crippen molar-refractivity contribution in [2.75, 3.05) is 0 Å². The molecule has 0 nitrogen and oxygen atoms in total. The lowest BCUT2D eigenvalue weighted by Gasteiger charge is -2.36. The second-order valence-electron chi connectivity index (χ2n) is 6.11. The van der Waals surface area contributed by atoms with E-state index in [1.807, 2.05) is 0 Å². The van der Waals surface area contributed by atoms with Gasteiger partial charge < -0.3 is 0 Å². The van der Waals surface area contributed by atoms with Crippen LogP contribution in [-0.2, 0) is 0 Å². The predicted molar refractivity (Wildman–Crippen MR) is 82.6 cm³/mol. The van der Waals surface area contributed by atoms with Gasteiger partial charge in [-0.3, -0.25) is 0 Å². The maximum Gasteiger partial charge on any atom is -0.0233 e. The van der Waals surface area contributed by atoms with Crippen molar-refractivity contribution in [3.63, 3.8) is 0 Å². The summed E-state index contributed by atoms with van der Waals surface area (Å²) in [7, 11) is 0. The predicted octanol–water partition coefficient (Wildman–Crippen LogP) is 6.00. The molecule has 104 valence electrons. The van der Waals surface area contributed by atoms with Crippen LogP contribution in [0.25, 0.3) is 0 Å². The van der Waals surface area contributed by atoms with Crippen LogP contribution in [0.15, 0.2) is 24.8 Å². The van der Waals surface area contributed by atoms with Crippen molar-refractivity contribution < 1.29 is 0 Å². The van der Waals surface area contributed by atoms with Gasteiger partial charge in [0.05, 0.1) is 0 Å². The molecule has 0 aromatic carbocycles. The minimum Gasteiger partial charge on any atom is -0.103 e. The lowest BCUT2D eigenvalue weighted by molar-refractivity contribution is 0.166. The van der Waals surface area contributed by atoms with Gasteiger partial charge in [-0.1, -0.05) is 25.7 Å². The Labute approximate surface area is 115 Å². The van der Waals surface area contributed by atoms with E-state index in [4.69, 9.17) is 0 Å². The highest BCUT2D eigenvalue weighted by Gasteiger charge is 2.29. The fourth-order valence-electron chi connectivity index (χ4n) is 3.93. The fraction of sp³-hybridized carbons (Fsp3) is 0.778. The summed E-state index contributed by atoms with van der Waals surface area (Å²) >= 11 is 0. The molecule has 0 amide bonds. The van der Waals surface area contributed by atoms with Gasteiger partial charge in [-0.2, -0.15) is 0 Å². The summed E-state index contributed by atoms with van der Waals surface area (Å²) < 4.78 is 0. The number of rotatable bonds is 3. The monoisotopic (exact) mass is 248 g/mol. The van der Waals surface area contributed by atoms with Gasteiger partial charge >= 0.3 is 0 Å². The Morgan fingerprint density at radius 3 is 1.61 bits per heavy atom.